The quantitative estimate of drug-likeness (QED) is 0.739. The number of nitrogens with one attached hydrogen (secondary N) is 1. The number of para-hydroxylation sites is 1. The van der Waals surface area contributed by atoms with Crippen molar-refractivity contribution in [3.8, 4) is 0 Å². The van der Waals surface area contributed by atoms with E-state index in [2.05, 4.69) is 10.4 Å². The molecular weight excluding hydrogens is 309 g/mol. The van der Waals surface area contributed by atoms with E-state index in [1.54, 1.807) is 12.1 Å². The fraction of sp³-hybridized carbons (Fsp3) is 0.412. The van der Waals surface area contributed by atoms with Crippen molar-refractivity contribution in [1.82, 2.24) is 9.78 Å². The van der Waals surface area contributed by atoms with Crippen LogP contribution in [0.25, 0.3) is 0 Å². The largest absolute Gasteiger partial charge is 0.383 e. The number of halogens is 1. The number of benzene rings is 1. The average Bonchev–Trinajstić information content (AvgIpc) is 2.90. The summed E-state index contributed by atoms with van der Waals surface area (Å²) in [5.74, 6) is -0.597. The van der Waals surface area contributed by atoms with Crippen LogP contribution in [0.5, 0.6) is 0 Å². The van der Waals surface area contributed by atoms with E-state index in [9.17, 15) is 9.18 Å². The fourth-order valence-electron chi connectivity index (χ4n) is 3.71. The van der Waals surface area contributed by atoms with Gasteiger partial charge in [-0.2, -0.15) is 9.78 Å². The Bertz CT molecular complexity index is 816. The Labute approximate surface area is 139 Å². The topological polar surface area (TPSA) is 99.0 Å². The minimum atomic E-state index is -0.450. The fourth-order valence-corrected chi connectivity index (χ4v) is 3.71. The van der Waals surface area contributed by atoms with Crippen LogP contribution in [0.2, 0.25) is 0 Å². The summed E-state index contributed by atoms with van der Waals surface area (Å²) in [4.78, 5) is 13.0. The molecule has 24 heavy (non-hydrogen) atoms. The molecule has 7 heteroatoms. The Morgan fingerprint density at radius 2 is 2.21 bits per heavy atom. The second-order valence-electron chi connectivity index (χ2n) is 6.54. The van der Waals surface area contributed by atoms with Crippen molar-refractivity contribution in [3.05, 3.63) is 40.8 Å². The summed E-state index contributed by atoms with van der Waals surface area (Å²) in [7, 11) is 0. The molecule has 2 aromatic rings. The highest BCUT2D eigenvalue weighted by atomic mass is 19.1. The number of nitrogen functional groups attached to an aromatic ring is 1. The lowest BCUT2D eigenvalue weighted by Gasteiger charge is -2.26. The van der Waals surface area contributed by atoms with Crippen LogP contribution in [-0.2, 0) is 12.8 Å². The summed E-state index contributed by atoms with van der Waals surface area (Å²) < 4.78 is 15.3. The summed E-state index contributed by atoms with van der Waals surface area (Å²) >= 11 is 0. The zero-order chi connectivity index (χ0) is 16.8. The minimum absolute atomic E-state index is 0.0593. The Morgan fingerprint density at radius 1 is 1.38 bits per heavy atom. The molecule has 1 aliphatic carbocycles. The van der Waals surface area contributed by atoms with Gasteiger partial charge < -0.3 is 16.8 Å². The molecule has 1 unspecified atom stereocenters. The maximum Gasteiger partial charge on any atom is 0.256 e. The number of nitrogens with two attached hydrogens (primary N) is 2. The molecule has 0 saturated heterocycles. The van der Waals surface area contributed by atoms with Crippen LogP contribution in [0.4, 0.5) is 15.9 Å². The van der Waals surface area contributed by atoms with Gasteiger partial charge in [0.25, 0.3) is 5.91 Å². The molecule has 1 aromatic carbocycles. The molecule has 0 bridgehead atoms. The van der Waals surface area contributed by atoms with Gasteiger partial charge in [-0.3, -0.25) is 4.79 Å². The van der Waals surface area contributed by atoms with Crippen LogP contribution < -0.4 is 16.8 Å². The van der Waals surface area contributed by atoms with Crippen LogP contribution in [0.3, 0.4) is 0 Å². The van der Waals surface area contributed by atoms with Crippen LogP contribution in [0.1, 0.15) is 40.4 Å². The lowest BCUT2D eigenvalue weighted by molar-refractivity contribution is 0.0859. The maximum absolute atomic E-state index is 14.0. The van der Waals surface area contributed by atoms with Gasteiger partial charge in [-0.15, -0.1) is 0 Å². The SMILES string of the molecule is Nc1c2c(nn1C(=O)[C@H]1CCNc3c(F)cccc31)CC(N)CC2. The molecule has 1 aromatic heterocycles. The first-order valence-corrected chi connectivity index (χ1v) is 8.24. The van der Waals surface area contributed by atoms with Gasteiger partial charge in [0.2, 0.25) is 0 Å². The average molecular weight is 329 g/mol. The van der Waals surface area contributed by atoms with E-state index in [0.717, 1.165) is 24.1 Å². The van der Waals surface area contributed by atoms with Crippen molar-refractivity contribution < 1.29 is 9.18 Å². The monoisotopic (exact) mass is 329 g/mol. The minimum Gasteiger partial charge on any atom is -0.383 e. The first-order chi connectivity index (χ1) is 11.6. The lowest BCUT2D eigenvalue weighted by Crippen LogP contribution is -2.29. The molecule has 1 aliphatic heterocycles. The summed E-state index contributed by atoms with van der Waals surface area (Å²) in [5.41, 5.74) is 15.0. The zero-order valence-corrected chi connectivity index (χ0v) is 13.3. The van der Waals surface area contributed by atoms with Crippen molar-refractivity contribution >= 4 is 17.4 Å². The van der Waals surface area contributed by atoms with E-state index >= 15 is 0 Å². The van der Waals surface area contributed by atoms with E-state index in [1.807, 2.05) is 0 Å². The van der Waals surface area contributed by atoms with E-state index in [-0.39, 0.29) is 17.8 Å². The van der Waals surface area contributed by atoms with Crippen molar-refractivity contribution in [2.75, 3.05) is 17.6 Å². The van der Waals surface area contributed by atoms with Crippen LogP contribution in [0, 0.1) is 5.82 Å². The van der Waals surface area contributed by atoms with E-state index < -0.39 is 5.92 Å². The summed E-state index contributed by atoms with van der Waals surface area (Å²) in [5, 5.41) is 7.45. The normalized spacial score (nSPS) is 22.4. The number of rotatable bonds is 1. The van der Waals surface area contributed by atoms with Crippen molar-refractivity contribution in [2.45, 2.75) is 37.6 Å². The number of anilines is 2. The summed E-state index contributed by atoms with van der Waals surface area (Å²) in [6.45, 7) is 0.538. The predicted molar refractivity (Wildman–Crippen MR) is 89.5 cm³/mol. The van der Waals surface area contributed by atoms with E-state index in [1.165, 1.54) is 10.7 Å². The number of nitrogens with zero attached hydrogens (tertiary/aromatic N) is 2. The first kappa shape index (κ1) is 15.1. The summed E-state index contributed by atoms with van der Waals surface area (Å²) in [6.07, 6.45) is 2.81. The van der Waals surface area contributed by atoms with Gasteiger partial charge >= 0.3 is 0 Å². The molecule has 2 heterocycles. The van der Waals surface area contributed by atoms with E-state index in [0.29, 0.717) is 36.5 Å². The number of fused-ring (bicyclic) bond motifs is 2. The number of hydrogen-bond donors (Lipinski definition) is 3. The molecule has 2 aliphatic rings. The van der Waals surface area contributed by atoms with Crippen molar-refractivity contribution in [3.63, 3.8) is 0 Å². The molecule has 4 rings (SSSR count). The Kier molecular flexibility index (Phi) is 3.53. The highest BCUT2D eigenvalue weighted by Gasteiger charge is 2.32. The third-order valence-corrected chi connectivity index (χ3v) is 4.99. The first-order valence-electron chi connectivity index (χ1n) is 8.24. The number of aromatic nitrogens is 2. The smallest absolute Gasteiger partial charge is 0.256 e. The molecule has 0 fully saturated rings. The number of carbonyl (C=O) groups is 1. The molecule has 0 saturated carbocycles. The summed E-state index contributed by atoms with van der Waals surface area (Å²) in [6, 6.07) is 4.85. The molecular formula is C17H20FN5O. The third kappa shape index (κ3) is 2.27. The zero-order valence-electron chi connectivity index (χ0n) is 13.3. The van der Waals surface area contributed by atoms with Gasteiger partial charge in [-0.25, -0.2) is 4.39 Å². The maximum atomic E-state index is 14.0. The molecule has 6 nitrogen and oxygen atoms in total. The van der Waals surface area contributed by atoms with Crippen LogP contribution in [-0.4, -0.2) is 28.3 Å². The highest BCUT2D eigenvalue weighted by Crippen LogP contribution is 2.35. The van der Waals surface area contributed by atoms with Gasteiger partial charge in [-0.1, -0.05) is 12.1 Å². The van der Waals surface area contributed by atoms with E-state index in [4.69, 9.17) is 11.5 Å². The Morgan fingerprint density at radius 3 is 3.04 bits per heavy atom. The van der Waals surface area contributed by atoms with Crippen molar-refractivity contribution in [2.24, 2.45) is 5.73 Å². The second kappa shape index (κ2) is 5.59. The molecule has 2 atom stereocenters. The lowest BCUT2D eigenvalue weighted by atomic mass is 9.90. The molecule has 0 spiro atoms. The Balaban J connectivity index is 1.73. The van der Waals surface area contributed by atoms with Gasteiger partial charge in [0, 0.05) is 24.6 Å². The van der Waals surface area contributed by atoms with Gasteiger partial charge in [0.05, 0.1) is 17.3 Å². The molecule has 126 valence electrons. The number of carbonyl (C=O) groups excluding carboxylic acids is 1. The van der Waals surface area contributed by atoms with Crippen LogP contribution in [0.15, 0.2) is 18.2 Å². The standard InChI is InChI=1S/C17H20FN5O/c18-13-3-1-2-10-11(6-7-21-15(10)13)17(24)23-16(20)12-5-4-9(19)8-14(12)22-23/h1-3,9,11,21H,4-8,19-20H2/t9?,11-/m0/s1. The third-order valence-electron chi connectivity index (χ3n) is 4.99. The molecule has 0 amide bonds. The number of hydrogen-bond acceptors (Lipinski definition) is 5. The van der Waals surface area contributed by atoms with Crippen molar-refractivity contribution in [1.29, 1.82) is 0 Å². The van der Waals surface area contributed by atoms with Gasteiger partial charge in [-0.05, 0) is 30.9 Å². The highest BCUT2D eigenvalue weighted by molar-refractivity contribution is 5.90. The van der Waals surface area contributed by atoms with Crippen LogP contribution >= 0.6 is 0 Å². The second-order valence-corrected chi connectivity index (χ2v) is 6.54. The van der Waals surface area contributed by atoms with Gasteiger partial charge in [0.1, 0.15) is 11.6 Å². The molecule has 0 radical (unpaired) electrons. The predicted octanol–water partition coefficient (Wildman–Crippen LogP) is 1.66. The molecule has 5 N–H and O–H groups in total. The Hall–Kier alpha value is -2.41. The van der Waals surface area contributed by atoms with Gasteiger partial charge in [0.15, 0.2) is 0 Å².